The average molecular weight is 338 g/mol. The number of aromatic nitrogens is 2. The lowest BCUT2D eigenvalue weighted by Gasteiger charge is -2.35. The van der Waals surface area contributed by atoms with Crippen molar-refractivity contribution in [2.45, 2.75) is 13.8 Å². The summed E-state index contributed by atoms with van der Waals surface area (Å²) < 4.78 is 0. The van der Waals surface area contributed by atoms with Crippen molar-refractivity contribution in [2.24, 2.45) is 0 Å². The van der Waals surface area contributed by atoms with E-state index < -0.39 is 0 Å². The van der Waals surface area contributed by atoms with Gasteiger partial charge in [-0.2, -0.15) is 0 Å². The fourth-order valence-corrected chi connectivity index (χ4v) is 4.50. The molecule has 1 saturated heterocycles. The molecule has 0 N–H and O–H groups in total. The second kappa shape index (κ2) is 6.49. The molecule has 0 atom stereocenters. The first-order valence-electron chi connectivity index (χ1n) is 8.54. The Morgan fingerprint density at radius 2 is 1.79 bits per heavy atom. The molecule has 0 saturated carbocycles. The second-order valence-corrected chi connectivity index (χ2v) is 7.40. The predicted octanol–water partition coefficient (Wildman–Crippen LogP) is 3.81. The molecule has 5 heteroatoms. The molecule has 0 radical (unpaired) electrons. The molecule has 1 aliphatic heterocycles. The Morgan fingerprint density at radius 1 is 1.04 bits per heavy atom. The summed E-state index contributed by atoms with van der Waals surface area (Å²) in [7, 11) is 0. The molecule has 2 aromatic heterocycles. The van der Waals surface area contributed by atoms with E-state index in [-0.39, 0.29) is 0 Å². The van der Waals surface area contributed by atoms with E-state index in [0.717, 1.165) is 43.4 Å². The third-order valence-corrected chi connectivity index (χ3v) is 5.84. The summed E-state index contributed by atoms with van der Waals surface area (Å²) >= 11 is 1.77. The van der Waals surface area contributed by atoms with Crippen LogP contribution in [0.2, 0.25) is 0 Å². The zero-order chi connectivity index (χ0) is 16.5. The van der Waals surface area contributed by atoms with Crippen LogP contribution >= 0.6 is 11.3 Å². The molecule has 24 heavy (non-hydrogen) atoms. The van der Waals surface area contributed by atoms with Crippen LogP contribution in [0.25, 0.3) is 21.3 Å². The molecule has 1 aliphatic rings. The minimum Gasteiger partial charge on any atom is -0.353 e. The number of thiophene rings is 1. The topological polar surface area (TPSA) is 32.3 Å². The molecule has 0 aliphatic carbocycles. The van der Waals surface area contributed by atoms with Crippen molar-refractivity contribution < 1.29 is 0 Å². The Morgan fingerprint density at radius 3 is 2.50 bits per heavy atom. The van der Waals surface area contributed by atoms with Gasteiger partial charge in [0.25, 0.3) is 0 Å². The number of hydrogen-bond donors (Lipinski definition) is 0. The van der Waals surface area contributed by atoms with Gasteiger partial charge in [0.05, 0.1) is 5.39 Å². The number of anilines is 1. The minimum atomic E-state index is 1.03. The van der Waals surface area contributed by atoms with Crippen molar-refractivity contribution in [2.75, 3.05) is 37.6 Å². The van der Waals surface area contributed by atoms with Crippen LogP contribution in [0.5, 0.6) is 0 Å². The lowest BCUT2D eigenvalue weighted by molar-refractivity contribution is 0.271. The smallest absolute Gasteiger partial charge is 0.141 e. The van der Waals surface area contributed by atoms with Gasteiger partial charge in [0, 0.05) is 36.6 Å². The fourth-order valence-electron chi connectivity index (χ4n) is 3.50. The van der Waals surface area contributed by atoms with Gasteiger partial charge < -0.3 is 9.80 Å². The Bertz CT molecular complexity index is 835. The Labute approximate surface area is 146 Å². The van der Waals surface area contributed by atoms with E-state index in [4.69, 9.17) is 0 Å². The zero-order valence-electron chi connectivity index (χ0n) is 14.2. The van der Waals surface area contributed by atoms with Gasteiger partial charge in [-0.1, -0.05) is 37.3 Å². The Kier molecular flexibility index (Phi) is 4.21. The third kappa shape index (κ3) is 2.68. The van der Waals surface area contributed by atoms with E-state index in [1.54, 1.807) is 17.7 Å². The maximum Gasteiger partial charge on any atom is 0.141 e. The van der Waals surface area contributed by atoms with E-state index in [0.29, 0.717) is 0 Å². The summed E-state index contributed by atoms with van der Waals surface area (Å²) in [4.78, 5) is 16.5. The zero-order valence-corrected chi connectivity index (χ0v) is 15.0. The number of aryl methyl sites for hydroxylation is 1. The van der Waals surface area contributed by atoms with Crippen LogP contribution in [0.1, 0.15) is 11.8 Å². The molecule has 4 rings (SSSR count). The Hall–Kier alpha value is -1.98. The van der Waals surface area contributed by atoms with E-state index in [1.807, 2.05) is 0 Å². The highest BCUT2D eigenvalue weighted by Gasteiger charge is 2.23. The number of likely N-dealkylation sites (N-methyl/N-ethyl adjacent to an activating group) is 1. The molecule has 1 fully saturated rings. The summed E-state index contributed by atoms with van der Waals surface area (Å²) in [5.74, 6) is 1.10. The molecule has 1 aromatic carbocycles. The summed E-state index contributed by atoms with van der Waals surface area (Å²) in [6.45, 7) is 9.81. The van der Waals surface area contributed by atoms with Gasteiger partial charge in [-0.05, 0) is 19.0 Å². The van der Waals surface area contributed by atoms with Crippen LogP contribution in [-0.4, -0.2) is 47.6 Å². The first kappa shape index (κ1) is 15.5. The number of nitrogens with zero attached hydrogens (tertiary/aromatic N) is 4. The minimum absolute atomic E-state index is 1.03. The van der Waals surface area contributed by atoms with Crippen LogP contribution in [-0.2, 0) is 0 Å². The number of benzene rings is 1. The van der Waals surface area contributed by atoms with Crippen molar-refractivity contribution in [1.82, 2.24) is 14.9 Å². The monoisotopic (exact) mass is 338 g/mol. The van der Waals surface area contributed by atoms with Crippen LogP contribution in [0.15, 0.2) is 36.7 Å². The number of rotatable bonds is 3. The van der Waals surface area contributed by atoms with Gasteiger partial charge >= 0.3 is 0 Å². The summed E-state index contributed by atoms with van der Waals surface area (Å²) in [6.07, 6.45) is 1.72. The van der Waals surface area contributed by atoms with E-state index >= 15 is 0 Å². The van der Waals surface area contributed by atoms with E-state index in [1.165, 1.54) is 21.4 Å². The third-order valence-electron chi connectivity index (χ3n) is 4.83. The SMILES string of the molecule is CCN1CCN(c2ncnc3sc(C)c(-c4ccccc4)c23)CC1. The van der Waals surface area contributed by atoms with Crippen molar-refractivity contribution >= 4 is 27.4 Å². The highest BCUT2D eigenvalue weighted by atomic mass is 32.1. The summed E-state index contributed by atoms with van der Waals surface area (Å²) in [6, 6.07) is 10.6. The quantitative estimate of drug-likeness (QED) is 0.727. The van der Waals surface area contributed by atoms with Gasteiger partial charge in [-0.15, -0.1) is 11.3 Å². The molecule has 0 spiro atoms. The molecule has 3 aromatic rings. The molecular formula is C19H22N4S. The van der Waals surface area contributed by atoms with Crippen LogP contribution in [0, 0.1) is 6.92 Å². The fraction of sp³-hybridized carbons (Fsp3) is 0.368. The highest BCUT2D eigenvalue weighted by molar-refractivity contribution is 7.19. The average Bonchev–Trinajstić information content (AvgIpc) is 2.98. The molecule has 124 valence electrons. The van der Waals surface area contributed by atoms with Crippen LogP contribution < -0.4 is 4.90 Å². The van der Waals surface area contributed by atoms with Crippen LogP contribution in [0.3, 0.4) is 0 Å². The normalized spacial score (nSPS) is 16.0. The largest absolute Gasteiger partial charge is 0.353 e. The van der Waals surface area contributed by atoms with Crippen molar-refractivity contribution in [1.29, 1.82) is 0 Å². The second-order valence-electron chi connectivity index (χ2n) is 6.20. The lowest BCUT2D eigenvalue weighted by atomic mass is 10.0. The number of piperazine rings is 1. The van der Waals surface area contributed by atoms with Crippen molar-refractivity contribution in [3.05, 3.63) is 41.5 Å². The predicted molar refractivity (Wildman–Crippen MR) is 102 cm³/mol. The summed E-state index contributed by atoms with van der Waals surface area (Å²) in [5.41, 5.74) is 2.55. The lowest BCUT2D eigenvalue weighted by Crippen LogP contribution is -2.46. The van der Waals surface area contributed by atoms with Crippen molar-refractivity contribution in [3.63, 3.8) is 0 Å². The standard InChI is InChI=1S/C19H22N4S/c1-3-22-9-11-23(12-10-22)18-17-16(15-7-5-4-6-8-15)14(2)24-19(17)21-13-20-18/h4-8,13H,3,9-12H2,1-2H3. The number of hydrogen-bond acceptors (Lipinski definition) is 5. The molecule has 3 heterocycles. The van der Waals surface area contributed by atoms with Gasteiger partial charge in [0.2, 0.25) is 0 Å². The maximum atomic E-state index is 4.68. The molecule has 4 nitrogen and oxygen atoms in total. The Balaban J connectivity index is 1.82. The van der Waals surface area contributed by atoms with Gasteiger partial charge in [-0.25, -0.2) is 9.97 Å². The first-order valence-corrected chi connectivity index (χ1v) is 9.36. The van der Waals surface area contributed by atoms with E-state index in [9.17, 15) is 0 Å². The van der Waals surface area contributed by atoms with Gasteiger partial charge in [0.15, 0.2) is 0 Å². The van der Waals surface area contributed by atoms with Gasteiger partial charge in [0.1, 0.15) is 17.0 Å². The van der Waals surface area contributed by atoms with E-state index in [2.05, 4.69) is 63.9 Å². The highest BCUT2D eigenvalue weighted by Crippen LogP contribution is 2.41. The van der Waals surface area contributed by atoms with Crippen LogP contribution in [0.4, 0.5) is 5.82 Å². The van der Waals surface area contributed by atoms with Gasteiger partial charge in [-0.3, -0.25) is 0 Å². The maximum absolute atomic E-state index is 4.68. The molecular weight excluding hydrogens is 316 g/mol. The summed E-state index contributed by atoms with van der Waals surface area (Å²) in [5, 5.41) is 1.22. The molecule has 0 amide bonds. The van der Waals surface area contributed by atoms with Crippen molar-refractivity contribution in [3.8, 4) is 11.1 Å². The first-order chi connectivity index (χ1) is 11.8. The molecule has 0 bridgehead atoms. The number of fused-ring (bicyclic) bond motifs is 1. The molecule has 0 unspecified atom stereocenters.